The van der Waals surface area contributed by atoms with Crippen LogP contribution in [0.15, 0.2) is 18.2 Å². The molecule has 0 saturated carbocycles. The minimum absolute atomic E-state index is 0.00267. The SMILES string of the molecule is CCCC1CCN(c2ccc([N+](=O)[O-])c(CO)c2)CC1. The van der Waals surface area contributed by atoms with Gasteiger partial charge in [0.25, 0.3) is 5.69 Å². The number of nitrogens with zero attached hydrogens (tertiary/aromatic N) is 2. The minimum atomic E-state index is -0.442. The molecular formula is C15H22N2O3. The number of piperidine rings is 1. The number of nitro benzene ring substituents is 1. The zero-order valence-corrected chi connectivity index (χ0v) is 11.9. The van der Waals surface area contributed by atoms with E-state index in [4.69, 9.17) is 0 Å². The third-order valence-corrected chi connectivity index (χ3v) is 4.11. The van der Waals surface area contributed by atoms with E-state index in [1.165, 1.54) is 31.7 Å². The number of anilines is 1. The highest BCUT2D eigenvalue weighted by Crippen LogP contribution is 2.29. The van der Waals surface area contributed by atoms with Crippen molar-refractivity contribution >= 4 is 11.4 Å². The minimum Gasteiger partial charge on any atom is -0.391 e. The summed E-state index contributed by atoms with van der Waals surface area (Å²) in [5.41, 5.74) is 1.37. The molecule has 1 aromatic carbocycles. The van der Waals surface area contributed by atoms with Crippen LogP contribution in [0.2, 0.25) is 0 Å². The average molecular weight is 278 g/mol. The van der Waals surface area contributed by atoms with Gasteiger partial charge in [0.2, 0.25) is 0 Å². The molecule has 1 heterocycles. The van der Waals surface area contributed by atoms with Crippen molar-refractivity contribution in [2.45, 2.75) is 39.2 Å². The number of benzene rings is 1. The number of nitro groups is 1. The molecule has 0 atom stereocenters. The van der Waals surface area contributed by atoms with Gasteiger partial charge < -0.3 is 10.0 Å². The summed E-state index contributed by atoms with van der Waals surface area (Å²) in [6, 6.07) is 5.04. The molecule has 0 aliphatic carbocycles. The fourth-order valence-electron chi connectivity index (χ4n) is 2.96. The van der Waals surface area contributed by atoms with Crippen LogP contribution in [-0.2, 0) is 6.61 Å². The average Bonchev–Trinajstić information content (AvgIpc) is 2.47. The second-order valence-electron chi connectivity index (χ2n) is 5.45. The molecule has 0 unspecified atom stereocenters. The summed E-state index contributed by atoms with van der Waals surface area (Å²) >= 11 is 0. The second-order valence-corrected chi connectivity index (χ2v) is 5.45. The number of aliphatic hydroxyl groups excluding tert-OH is 1. The summed E-state index contributed by atoms with van der Waals surface area (Å²) in [5.74, 6) is 0.812. The van der Waals surface area contributed by atoms with E-state index in [1.54, 1.807) is 12.1 Å². The Morgan fingerprint density at radius 3 is 2.65 bits per heavy atom. The van der Waals surface area contributed by atoms with Gasteiger partial charge in [-0.25, -0.2) is 0 Å². The maximum absolute atomic E-state index is 10.9. The van der Waals surface area contributed by atoms with Crippen LogP contribution in [0.5, 0.6) is 0 Å². The molecule has 0 bridgehead atoms. The first-order valence-corrected chi connectivity index (χ1v) is 7.28. The third kappa shape index (κ3) is 3.28. The Morgan fingerprint density at radius 2 is 2.10 bits per heavy atom. The van der Waals surface area contributed by atoms with E-state index in [2.05, 4.69) is 11.8 Å². The Bertz CT molecular complexity index is 468. The van der Waals surface area contributed by atoms with Gasteiger partial charge in [0.05, 0.1) is 17.1 Å². The van der Waals surface area contributed by atoms with E-state index in [-0.39, 0.29) is 12.3 Å². The fraction of sp³-hybridized carbons (Fsp3) is 0.600. The molecule has 110 valence electrons. The molecule has 0 aromatic heterocycles. The van der Waals surface area contributed by atoms with E-state index >= 15 is 0 Å². The zero-order chi connectivity index (χ0) is 14.5. The van der Waals surface area contributed by atoms with Crippen LogP contribution in [0.4, 0.5) is 11.4 Å². The number of hydrogen-bond acceptors (Lipinski definition) is 4. The predicted octanol–water partition coefficient (Wildman–Crippen LogP) is 3.10. The molecule has 1 aliphatic rings. The maximum atomic E-state index is 10.9. The topological polar surface area (TPSA) is 66.6 Å². The predicted molar refractivity (Wildman–Crippen MR) is 78.9 cm³/mol. The maximum Gasteiger partial charge on any atom is 0.275 e. The lowest BCUT2D eigenvalue weighted by Crippen LogP contribution is -2.33. The first kappa shape index (κ1) is 14.8. The first-order valence-electron chi connectivity index (χ1n) is 7.28. The highest BCUT2D eigenvalue weighted by atomic mass is 16.6. The Hall–Kier alpha value is -1.62. The van der Waals surface area contributed by atoms with Crippen molar-refractivity contribution in [1.29, 1.82) is 0 Å². The van der Waals surface area contributed by atoms with Crippen molar-refractivity contribution in [3.05, 3.63) is 33.9 Å². The van der Waals surface area contributed by atoms with Gasteiger partial charge >= 0.3 is 0 Å². The standard InChI is InChI=1S/C15H22N2O3/c1-2-3-12-6-8-16(9-7-12)14-4-5-15(17(19)20)13(10-14)11-18/h4-5,10,12,18H,2-3,6-9,11H2,1H3. The molecule has 5 heteroatoms. The highest BCUT2D eigenvalue weighted by Gasteiger charge is 2.21. The van der Waals surface area contributed by atoms with Gasteiger partial charge in [-0.15, -0.1) is 0 Å². The molecule has 2 rings (SSSR count). The molecule has 1 fully saturated rings. The van der Waals surface area contributed by atoms with E-state index in [0.29, 0.717) is 5.56 Å². The van der Waals surface area contributed by atoms with Crippen molar-refractivity contribution < 1.29 is 10.0 Å². The number of rotatable bonds is 5. The van der Waals surface area contributed by atoms with Gasteiger partial charge in [0, 0.05) is 24.8 Å². The zero-order valence-electron chi connectivity index (χ0n) is 11.9. The van der Waals surface area contributed by atoms with Crippen LogP contribution in [0.25, 0.3) is 0 Å². The molecule has 20 heavy (non-hydrogen) atoms. The monoisotopic (exact) mass is 278 g/mol. The molecule has 1 saturated heterocycles. The fourth-order valence-corrected chi connectivity index (χ4v) is 2.96. The number of aliphatic hydroxyl groups is 1. The number of hydrogen-bond donors (Lipinski definition) is 1. The van der Waals surface area contributed by atoms with E-state index in [1.807, 2.05) is 0 Å². The molecule has 5 nitrogen and oxygen atoms in total. The van der Waals surface area contributed by atoms with Gasteiger partial charge in [0.1, 0.15) is 0 Å². The molecule has 0 radical (unpaired) electrons. The van der Waals surface area contributed by atoms with Gasteiger partial charge in [-0.1, -0.05) is 19.8 Å². The Labute approximate surface area is 119 Å². The summed E-state index contributed by atoms with van der Waals surface area (Å²) in [5, 5.41) is 20.1. The van der Waals surface area contributed by atoms with Gasteiger partial charge in [-0.3, -0.25) is 10.1 Å². The van der Waals surface area contributed by atoms with Crippen molar-refractivity contribution in [2.24, 2.45) is 5.92 Å². The smallest absolute Gasteiger partial charge is 0.275 e. The summed E-state index contributed by atoms with van der Waals surface area (Å²) in [7, 11) is 0. The van der Waals surface area contributed by atoms with E-state index < -0.39 is 4.92 Å². The van der Waals surface area contributed by atoms with Gasteiger partial charge in [-0.2, -0.15) is 0 Å². The van der Waals surface area contributed by atoms with Crippen molar-refractivity contribution in [3.8, 4) is 0 Å². The van der Waals surface area contributed by atoms with Crippen LogP contribution in [0, 0.1) is 16.0 Å². The normalized spacial score (nSPS) is 16.4. The van der Waals surface area contributed by atoms with Crippen molar-refractivity contribution in [3.63, 3.8) is 0 Å². The van der Waals surface area contributed by atoms with Crippen molar-refractivity contribution in [1.82, 2.24) is 0 Å². The molecular weight excluding hydrogens is 256 g/mol. The summed E-state index contributed by atoms with van der Waals surface area (Å²) < 4.78 is 0. The molecule has 0 amide bonds. The van der Waals surface area contributed by atoms with Crippen LogP contribution < -0.4 is 4.90 Å². The Kier molecular flexibility index (Phi) is 4.95. The lowest BCUT2D eigenvalue weighted by Gasteiger charge is -2.33. The lowest BCUT2D eigenvalue weighted by atomic mass is 9.92. The van der Waals surface area contributed by atoms with Gasteiger partial charge in [-0.05, 0) is 30.9 Å². The molecule has 0 spiro atoms. The summed E-state index contributed by atoms with van der Waals surface area (Å²) in [4.78, 5) is 12.7. The van der Waals surface area contributed by atoms with E-state index in [0.717, 1.165) is 24.7 Å². The van der Waals surface area contributed by atoms with Crippen LogP contribution in [0.1, 0.15) is 38.2 Å². The van der Waals surface area contributed by atoms with Gasteiger partial charge in [0.15, 0.2) is 0 Å². The summed E-state index contributed by atoms with van der Waals surface area (Å²) in [6.07, 6.45) is 4.88. The van der Waals surface area contributed by atoms with Crippen LogP contribution in [-0.4, -0.2) is 23.1 Å². The Balaban J connectivity index is 2.08. The van der Waals surface area contributed by atoms with Crippen molar-refractivity contribution in [2.75, 3.05) is 18.0 Å². The largest absolute Gasteiger partial charge is 0.391 e. The Morgan fingerprint density at radius 1 is 1.40 bits per heavy atom. The second kappa shape index (κ2) is 6.70. The highest BCUT2D eigenvalue weighted by molar-refractivity contribution is 5.55. The summed E-state index contributed by atoms with van der Waals surface area (Å²) in [6.45, 7) is 3.91. The van der Waals surface area contributed by atoms with Crippen LogP contribution >= 0.6 is 0 Å². The molecule has 1 aliphatic heterocycles. The van der Waals surface area contributed by atoms with E-state index in [9.17, 15) is 15.2 Å². The molecule has 1 N–H and O–H groups in total. The molecule has 1 aromatic rings. The van der Waals surface area contributed by atoms with Crippen LogP contribution in [0.3, 0.4) is 0 Å². The quantitative estimate of drug-likeness (QED) is 0.664. The lowest BCUT2D eigenvalue weighted by molar-refractivity contribution is -0.385. The third-order valence-electron chi connectivity index (χ3n) is 4.11. The first-order chi connectivity index (χ1) is 9.65.